The zero-order chi connectivity index (χ0) is 24.8. The summed E-state index contributed by atoms with van der Waals surface area (Å²) in [6.45, 7) is 2.77. The van der Waals surface area contributed by atoms with Crippen LogP contribution in [0.2, 0.25) is 0 Å². The Morgan fingerprint density at radius 3 is 2.67 bits per heavy atom. The number of nitriles is 1. The van der Waals surface area contributed by atoms with Gasteiger partial charge in [-0.05, 0) is 50.2 Å². The van der Waals surface area contributed by atoms with Crippen LogP contribution in [0, 0.1) is 17.2 Å². The van der Waals surface area contributed by atoms with E-state index in [2.05, 4.69) is 21.2 Å². The van der Waals surface area contributed by atoms with Gasteiger partial charge < -0.3 is 24.4 Å². The van der Waals surface area contributed by atoms with E-state index in [-0.39, 0.29) is 23.6 Å². The van der Waals surface area contributed by atoms with Crippen LogP contribution in [0.1, 0.15) is 55.7 Å². The molecule has 2 aromatic heterocycles. The normalized spacial score (nSPS) is 23.7. The molecule has 1 amide bonds. The van der Waals surface area contributed by atoms with Gasteiger partial charge in [-0.3, -0.25) is 9.59 Å². The molecule has 188 valence electrons. The average Bonchev–Trinajstić information content (AvgIpc) is 3.76. The molecule has 0 bridgehead atoms. The molecule has 4 aliphatic rings. The minimum absolute atomic E-state index is 0.0770. The average molecular weight is 489 g/mol. The van der Waals surface area contributed by atoms with E-state index in [1.165, 1.54) is 4.57 Å². The van der Waals surface area contributed by atoms with E-state index in [4.69, 9.17) is 9.72 Å². The van der Waals surface area contributed by atoms with Gasteiger partial charge in [0.2, 0.25) is 5.91 Å². The van der Waals surface area contributed by atoms with Crippen molar-refractivity contribution in [3.63, 3.8) is 0 Å². The highest BCUT2D eigenvalue weighted by Gasteiger charge is 2.42. The van der Waals surface area contributed by atoms with Crippen molar-refractivity contribution in [2.75, 3.05) is 36.5 Å². The maximum atomic E-state index is 13.1. The maximum Gasteiger partial charge on any atom is 0.252 e. The Kier molecular flexibility index (Phi) is 5.92. The molecular formula is C27H32N6O3. The van der Waals surface area contributed by atoms with Gasteiger partial charge in [0.05, 0.1) is 35.5 Å². The minimum atomic E-state index is -0.0968. The molecule has 4 heterocycles. The van der Waals surface area contributed by atoms with Crippen LogP contribution in [0.15, 0.2) is 29.2 Å². The smallest absolute Gasteiger partial charge is 0.252 e. The Balaban J connectivity index is 1.26. The SMILES string of the molecule is Cn1ccc(Nc2cc(C#N)c(N3CCN(C(=O)CC4CCO4)C(C4CC4)C3)nc2C2CC2)cc1=O. The molecule has 9 heteroatoms. The van der Waals surface area contributed by atoms with Crippen molar-refractivity contribution in [3.05, 3.63) is 46.0 Å². The van der Waals surface area contributed by atoms with Crippen molar-refractivity contribution >= 4 is 23.1 Å². The topological polar surface area (TPSA) is 103 Å². The maximum absolute atomic E-state index is 13.1. The summed E-state index contributed by atoms with van der Waals surface area (Å²) in [5.74, 6) is 1.79. The van der Waals surface area contributed by atoms with E-state index >= 15 is 0 Å². The number of rotatable bonds is 7. The molecule has 2 atom stereocenters. The number of ether oxygens (including phenoxy) is 1. The Labute approximate surface area is 210 Å². The molecule has 4 fully saturated rings. The predicted molar refractivity (Wildman–Crippen MR) is 135 cm³/mol. The lowest BCUT2D eigenvalue weighted by molar-refractivity contribution is -0.142. The Morgan fingerprint density at radius 2 is 2.03 bits per heavy atom. The van der Waals surface area contributed by atoms with Crippen LogP contribution in [-0.2, 0) is 16.6 Å². The summed E-state index contributed by atoms with van der Waals surface area (Å²) >= 11 is 0. The molecule has 0 spiro atoms. The highest BCUT2D eigenvalue weighted by atomic mass is 16.5. The summed E-state index contributed by atoms with van der Waals surface area (Å²) in [7, 11) is 1.72. The van der Waals surface area contributed by atoms with Gasteiger partial charge in [-0.25, -0.2) is 4.98 Å². The predicted octanol–water partition coefficient (Wildman–Crippen LogP) is 2.88. The van der Waals surface area contributed by atoms with Crippen LogP contribution >= 0.6 is 0 Å². The molecule has 2 aliphatic carbocycles. The molecule has 36 heavy (non-hydrogen) atoms. The molecular weight excluding hydrogens is 456 g/mol. The lowest BCUT2D eigenvalue weighted by atomic mass is 10.0. The lowest BCUT2D eigenvalue weighted by Gasteiger charge is -2.43. The Bertz CT molecular complexity index is 1270. The fraction of sp³-hybridized carbons (Fsp3) is 0.556. The molecule has 1 N–H and O–H groups in total. The Morgan fingerprint density at radius 1 is 1.22 bits per heavy atom. The summed E-state index contributed by atoms with van der Waals surface area (Å²) in [6, 6.07) is 7.80. The van der Waals surface area contributed by atoms with Crippen LogP contribution in [0.25, 0.3) is 0 Å². The highest BCUT2D eigenvalue weighted by molar-refractivity contribution is 5.78. The summed E-state index contributed by atoms with van der Waals surface area (Å²) in [5, 5.41) is 13.4. The highest BCUT2D eigenvalue weighted by Crippen LogP contribution is 2.45. The number of aromatic nitrogens is 2. The molecule has 2 unspecified atom stereocenters. The molecule has 0 radical (unpaired) electrons. The first-order chi connectivity index (χ1) is 17.5. The van der Waals surface area contributed by atoms with Crippen molar-refractivity contribution in [2.45, 2.75) is 56.6 Å². The number of hydrogen-bond acceptors (Lipinski definition) is 7. The summed E-state index contributed by atoms with van der Waals surface area (Å²) in [4.78, 5) is 34.5. The number of hydrogen-bond donors (Lipinski definition) is 1. The second-order valence-corrected chi connectivity index (χ2v) is 10.6. The van der Waals surface area contributed by atoms with Crippen LogP contribution in [-0.4, -0.2) is 58.7 Å². The van der Waals surface area contributed by atoms with Gasteiger partial charge in [0, 0.05) is 57.2 Å². The molecule has 2 saturated carbocycles. The zero-order valence-electron chi connectivity index (χ0n) is 20.7. The number of pyridine rings is 2. The number of nitrogens with zero attached hydrogens (tertiary/aromatic N) is 5. The first-order valence-corrected chi connectivity index (χ1v) is 13.0. The zero-order valence-corrected chi connectivity index (χ0v) is 20.7. The van der Waals surface area contributed by atoms with Crippen LogP contribution < -0.4 is 15.8 Å². The minimum Gasteiger partial charge on any atom is -0.377 e. The largest absolute Gasteiger partial charge is 0.377 e. The molecule has 2 aromatic rings. The molecule has 9 nitrogen and oxygen atoms in total. The quantitative estimate of drug-likeness (QED) is 0.639. The lowest BCUT2D eigenvalue weighted by Crippen LogP contribution is -2.57. The molecule has 2 aliphatic heterocycles. The van der Waals surface area contributed by atoms with Crippen molar-refractivity contribution in [1.82, 2.24) is 14.5 Å². The Hall–Kier alpha value is -3.38. The standard InChI is InChI=1S/C27H32N6O3/c1-31-8-6-20(13-24(31)34)29-22-12-19(15-28)27(30-26(22)18-4-5-18)32-9-10-33(23(16-32)17-2-3-17)25(35)14-21-7-11-36-21/h6,8,12-13,17-18,21,23,29H,2-5,7,9-11,14,16H2,1H3. The first-order valence-electron chi connectivity index (χ1n) is 13.0. The van der Waals surface area contributed by atoms with Crippen LogP contribution in [0.4, 0.5) is 17.2 Å². The van der Waals surface area contributed by atoms with Crippen molar-refractivity contribution in [2.24, 2.45) is 13.0 Å². The van der Waals surface area contributed by atoms with Gasteiger partial charge >= 0.3 is 0 Å². The van der Waals surface area contributed by atoms with Crippen molar-refractivity contribution < 1.29 is 9.53 Å². The third-order valence-electron chi connectivity index (χ3n) is 7.90. The third kappa shape index (κ3) is 4.58. The van der Waals surface area contributed by atoms with E-state index in [9.17, 15) is 14.9 Å². The summed E-state index contributed by atoms with van der Waals surface area (Å²) in [6.07, 6.45) is 7.68. The van der Waals surface area contributed by atoms with Gasteiger partial charge in [-0.15, -0.1) is 0 Å². The molecule has 6 rings (SSSR count). The second kappa shape index (κ2) is 9.25. The van der Waals surface area contributed by atoms with Gasteiger partial charge in [0.15, 0.2) is 0 Å². The first kappa shape index (κ1) is 23.0. The van der Waals surface area contributed by atoms with E-state index < -0.39 is 0 Å². The van der Waals surface area contributed by atoms with E-state index in [0.717, 1.165) is 50.1 Å². The number of aryl methyl sites for hydroxylation is 1. The van der Waals surface area contributed by atoms with Gasteiger partial charge in [0.1, 0.15) is 11.9 Å². The number of carbonyl (C=O) groups is 1. The second-order valence-electron chi connectivity index (χ2n) is 10.6. The monoisotopic (exact) mass is 488 g/mol. The molecule has 2 saturated heterocycles. The van der Waals surface area contributed by atoms with E-state index in [1.54, 1.807) is 19.3 Å². The number of amides is 1. The number of anilines is 3. The van der Waals surface area contributed by atoms with Crippen LogP contribution in [0.3, 0.4) is 0 Å². The summed E-state index contributed by atoms with van der Waals surface area (Å²) < 4.78 is 7.03. The van der Waals surface area contributed by atoms with E-state index in [1.807, 2.05) is 12.1 Å². The van der Waals surface area contributed by atoms with Crippen molar-refractivity contribution in [1.29, 1.82) is 5.26 Å². The van der Waals surface area contributed by atoms with Crippen LogP contribution in [0.5, 0.6) is 0 Å². The molecule has 0 aromatic carbocycles. The number of carbonyl (C=O) groups excluding carboxylic acids is 1. The van der Waals surface area contributed by atoms with Gasteiger partial charge in [0.25, 0.3) is 5.56 Å². The fourth-order valence-electron chi connectivity index (χ4n) is 5.34. The van der Waals surface area contributed by atoms with Gasteiger partial charge in [-0.2, -0.15) is 5.26 Å². The third-order valence-corrected chi connectivity index (χ3v) is 7.90. The van der Waals surface area contributed by atoms with E-state index in [0.29, 0.717) is 55.0 Å². The van der Waals surface area contributed by atoms with Crippen molar-refractivity contribution in [3.8, 4) is 6.07 Å². The number of nitrogens with one attached hydrogen (secondary N) is 1. The van der Waals surface area contributed by atoms with Gasteiger partial charge in [-0.1, -0.05) is 0 Å². The fourth-order valence-corrected chi connectivity index (χ4v) is 5.34. The number of piperazine rings is 1. The summed E-state index contributed by atoms with van der Waals surface area (Å²) in [5.41, 5.74) is 2.85.